The van der Waals surface area contributed by atoms with Crippen molar-refractivity contribution in [2.45, 2.75) is 53.2 Å². The molecule has 4 aromatic rings. The summed E-state index contributed by atoms with van der Waals surface area (Å²) in [7, 11) is -0.949. The van der Waals surface area contributed by atoms with Gasteiger partial charge >= 0.3 is 7.12 Å². The molecule has 1 aliphatic heterocycles. The van der Waals surface area contributed by atoms with Gasteiger partial charge in [0.2, 0.25) is 0 Å². The lowest BCUT2D eigenvalue weighted by molar-refractivity contribution is 0.275. The van der Waals surface area contributed by atoms with E-state index >= 15 is 0 Å². The van der Waals surface area contributed by atoms with E-state index in [-0.39, 0.29) is 17.4 Å². The van der Waals surface area contributed by atoms with Gasteiger partial charge in [-0.15, -0.1) is 0 Å². The van der Waals surface area contributed by atoms with Crippen LogP contribution in [0.1, 0.15) is 60.7 Å². The zero-order valence-corrected chi connectivity index (χ0v) is 21.7. The molecular weight excluding hydrogens is 475 g/mol. The first-order chi connectivity index (χ1) is 17.1. The van der Waals surface area contributed by atoms with Gasteiger partial charge in [-0.2, -0.15) is 0 Å². The van der Waals surface area contributed by atoms with Crippen molar-refractivity contribution in [3.05, 3.63) is 85.9 Å². The van der Waals surface area contributed by atoms with Gasteiger partial charge in [-0.25, -0.2) is 4.98 Å². The van der Waals surface area contributed by atoms with Gasteiger partial charge in [0, 0.05) is 22.6 Å². The van der Waals surface area contributed by atoms with Crippen LogP contribution in [0.5, 0.6) is 0 Å². The molecule has 0 radical (unpaired) electrons. The monoisotopic (exact) mass is 502 g/mol. The van der Waals surface area contributed by atoms with Crippen molar-refractivity contribution in [1.82, 2.24) is 4.98 Å². The fraction of sp³-hybridized carbons (Fsp3) is 0.286. The average Bonchev–Trinajstić information content (AvgIpc) is 3.22. The van der Waals surface area contributed by atoms with Gasteiger partial charge in [-0.3, -0.25) is 4.79 Å². The number of nitrogens with zero attached hydrogens (tertiary/aromatic N) is 1. The molecule has 0 saturated carbocycles. The molecule has 184 valence electrons. The fourth-order valence-corrected chi connectivity index (χ4v) is 5.05. The summed E-state index contributed by atoms with van der Waals surface area (Å²) < 4.78 is 11.7. The van der Waals surface area contributed by atoms with Crippen molar-refractivity contribution in [2.24, 2.45) is 0 Å². The first-order valence-corrected chi connectivity index (χ1v) is 12.5. The Morgan fingerprint density at radius 1 is 1.11 bits per heavy atom. The Morgan fingerprint density at radius 3 is 2.64 bits per heavy atom. The Bertz CT molecular complexity index is 1550. The van der Waals surface area contributed by atoms with Crippen LogP contribution in [-0.2, 0) is 11.3 Å². The molecule has 6 nitrogen and oxygen atoms in total. The number of pyridine rings is 1. The molecule has 0 spiro atoms. The number of aryl methyl sites for hydroxylation is 1. The number of nitrogens with one attached hydrogen (secondary N) is 1. The number of hydrogen-bond acceptors (Lipinski definition) is 6. The first kappa shape index (κ1) is 24.6. The average molecular weight is 503 g/mol. The lowest BCUT2D eigenvalue weighted by Gasteiger charge is -2.21. The minimum atomic E-state index is -0.949. The van der Waals surface area contributed by atoms with E-state index in [9.17, 15) is 9.82 Å². The van der Waals surface area contributed by atoms with Crippen LogP contribution in [0.25, 0.3) is 22.2 Å². The van der Waals surface area contributed by atoms with Crippen LogP contribution in [0.2, 0.25) is 5.15 Å². The molecule has 1 atom stereocenters. The topological polar surface area (TPSA) is 84.6 Å². The van der Waals surface area contributed by atoms with Crippen LogP contribution >= 0.6 is 11.6 Å². The van der Waals surface area contributed by atoms with Gasteiger partial charge in [0.15, 0.2) is 5.43 Å². The Labute approximate surface area is 215 Å². The van der Waals surface area contributed by atoms with Gasteiger partial charge in [-0.1, -0.05) is 49.7 Å². The Morgan fingerprint density at radius 2 is 1.89 bits per heavy atom. The second kappa shape index (κ2) is 9.39. The highest BCUT2D eigenvalue weighted by molar-refractivity contribution is 6.61. The summed E-state index contributed by atoms with van der Waals surface area (Å²) in [6.45, 7) is 10.3. The van der Waals surface area contributed by atoms with Crippen LogP contribution in [0.4, 0.5) is 5.69 Å². The first-order valence-electron chi connectivity index (χ1n) is 12.1. The third-order valence-electron chi connectivity index (χ3n) is 6.74. The quantitative estimate of drug-likeness (QED) is 0.271. The highest BCUT2D eigenvalue weighted by atomic mass is 35.5. The predicted molar refractivity (Wildman–Crippen MR) is 145 cm³/mol. The van der Waals surface area contributed by atoms with E-state index in [4.69, 9.17) is 20.7 Å². The molecule has 3 heterocycles. The van der Waals surface area contributed by atoms with E-state index < -0.39 is 7.12 Å². The molecule has 0 fully saturated rings. The summed E-state index contributed by atoms with van der Waals surface area (Å²) >= 11 is 6.28. The molecule has 2 aromatic carbocycles. The zero-order chi connectivity index (χ0) is 25.7. The van der Waals surface area contributed by atoms with Crippen molar-refractivity contribution in [1.29, 1.82) is 0 Å². The van der Waals surface area contributed by atoms with E-state index in [2.05, 4.69) is 16.4 Å². The second-order valence-electron chi connectivity index (χ2n) is 9.78. The summed E-state index contributed by atoms with van der Waals surface area (Å²) in [5, 5.41) is 14.7. The summed E-state index contributed by atoms with van der Waals surface area (Å²) in [5.74, 6) is 0.795. The van der Waals surface area contributed by atoms with E-state index in [1.807, 2.05) is 65.0 Å². The number of rotatable bonds is 5. The Hall–Kier alpha value is -3.13. The van der Waals surface area contributed by atoms with Gasteiger partial charge < -0.3 is 19.4 Å². The molecule has 2 aromatic heterocycles. The summed E-state index contributed by atoms with van der Waals surface area (Å²) in [6, 6.07) is 13.1. The van der Waals surface area contributed by atoms with Crippen molar-refractivity contribution in [3.8, 4) is 11.3 Å². The van der Waals surface area contributed by atoms with Gasteiger partial charge in [0.1, 0.15) is 16.5 Å². The predicted octanol–water partition coefficient (Wildman–Crippen LogP) is 5.64. The Kier molecular flexibility index (Phi) is 6.41. The third-order valence-corrected chi connectivity index (χ3v) is 6.95. The molecule has 0 unspecified atom stereocenters. The lowest BCUT2D eigenvalue weighted by Crippen LogP contribution is -2.28. The van der Waals surface area contributed by atoms with E-state index in [0.29, 0.717) is 39.7 Å². The molecule has 8 heteroatoms. The molecule has 0 bridgehead atoms. The number of fused-ring (bicyclic) bond motifs is 2. The molecule has 0 saturated heterocycles. The standard InChI is InChI=1S/C28H28BClN2O4/c1-14(2)27-16(4)26(33)21-11-15(3)10-20(28(21)36-27)17(5)31-23-8-9-24(30)32-25(23)18-6-7-19-13-35-29(34)22(19)12-18/h6-12,14,17,31,34H,13H2,1-5H3/t17-/m0/s1. The number of anilines is 1. The second-order valence-corrected chi connectivity index (χ2v) is 10.2. The lowest BCUT2D eigenvalue weighted by atomic mass is 9.78. The van der Waals surface area contributed by atoms with Crippen LogP contribution in [0.3, 0.4) is 0 Å². The van der Waals surface area contributed by atoms with Crippen LogP contribution in [0, 0.1) is 13.8 Å². The van der Waals surface area contributed by atoms with Crippen LogP contribution < -0.4 is 16.2 Å². The maximum Gasteiger partial charge on any atom is 0.491 e. The third kappa shape index (κ3) is 4.32. The molecule has 0 amide bonds. The number of benzene rings is 2. The van der Waals surface area contributed by atoms with Gasteiger partial charge in [-0.05, 0) is 55.6 Å². The van der Waals surface area contributed by atoms with Crippen molar-refractivity contribution in [2.75, 3.05) is 5.32 Å². The maximum atomic E-state index is 13.2. The van der Waals surface area contributed by atoms with E-state index in [1.165, 1.54) is 0 Å². The summed E-state index contributed by atoms with van der Waals surface area (Å²) in [6.07, 6.45) is 0. The normalized spacial score (nSPS) is 13.9. The molecule has 2 N–H and O–H groups in total. The summed E-state index contributed by atoms with van der Waals surface area (Å²) in [4.78, 5) is 17.8. The number of aromatic nitrogens is 1. The van der Waals surface area contributed by atoms with Crippen molar-refractivity contribution >= 4 is 40.8 Å². The fourth-order valence-electron chi connectivity index (χ4n) is 4.90. The van der Waals surface area contributed by atoms with E-state index in [0.717, 1.165) is 33.4 Å². The minimum absolute atomic E-state index is 0.00451. The summed E-state index contributed by atoms with van der Waals surface area (Å²) in [5.41, 5.74) is 7.06. The molecule has 5 rings (SSSR count). The van der Waals surface area contributed by atoms with Gasteiger partial charge in [0.05, 0.1) is 29.4 Å². The highest BCUT2D eigenvalue weighted by Crippen LogP contribution is 2.34. The van der Waals surface area contributed by atoms with Gasteiger partial charge in [0.25, 0.3) is 0 Å². The Balaban J connectivity index is 1.60. The molecule has 0 aliphatic carbocycles. The maximum absolute atomic E-state index is 13.2. The van der Waals surface area contributed by atoms with E-state index in [1.54, 1.807) is 6.07 Å². The van der Waals surface area contributed by atoms with Crippen LogP contribution in [-0.4, -0.2) is 17.1 Å². The molecular formula is C28H28BClN2O4. The number of halogens is 1. The largest absolute Gasteiger partial charge is 0.491 e. The smallest absolute Gasteiger partial charge is 0.460 e. The highest BCUT2D eigenvalue weighted by Gasteiger charge is 2.28. The zero-order valence-electron chi connectivity index (χ0n) is 21.0. The molecule has 36 heavy (non-hydrogen) atoms. The number of hydrogen-bond donors (Lipinski definition) is 2. The van der Waals surface area contributed by atoms with Crippen molar-refractivity contribution in [3.63, 3.8) is 0 Å². The minimum Gasteiger partial charge on any atom is -0.460 e. The van der Waals surface area contributed by atoms with Crippen LogP contribution in [0.15, 0.2) is 51.7 Å². The SMILES string of the molecule is Cc1cc([C@H](C)Nc2ccc(Cl)nc2-c2ccc3c(c2)B(O)OC3)c2oc(C(C)C)c(C)c(=O)c2c1. The molecule has 1 aliphatic rings. The van der Waals surface area contributed by atoms with Crippen molar-refractivity contribution < 1.29 is 14.1 Å².